The molecule has 0 aromatic carbocycles. The molecule has 2 aliphatic carbocycles. The zero-order valence-electron chi connectivity index (χ0n) is 12.3. The topological polar surface area (TPSA) is 12.0 Å². The second-order valence-electron chi connectivity index (χ2n) is 4.78. The summed E-state index contributed by atoms with van der Waals surface area (Å²) in [6, 6.07) is 0. The van der Waals surface area contributed by atoms with Gasteiger partial charge >= 0.3 is 0 Å². The number of fused-ring (bicyclic) bond motifs is 1. The summed E-state index contributed by atoms with van der Waals surface area (Å²) in [5, 5.41) is 3.34. The van der Waals surface area contributed by atoms with Crippen LogP contribution in [-0.4, -0.2) is 13.6 Å². The van der Waals surface area contributed by atoms with E-state index in [2.05, 4.69) is 19.3 Å². The van der Waals surface area contributed by atoms with Gasteiger partial charge in [0.1, 0.15) is 0 Å². The fourth-order valence-electron chi connectivity index (χ4n) is 3.53. The number of hydrogen-bond donors (Lipinski definition) is 1. The Morgan fingerprint density at radius 2 is 1.44 bits per heavy atom. The van der Waals surface area contributed by atoms with Gasteiger partial charge in [-0.2, -0.15) is 0 Å². The average Bonchev–Trinajstić information content (AvgIpc) is 2.90. The van der Waals surface area contributed by atoms with Crippen molar-refractivity contribution < 1.29 is 0 Å². The number of nitrogens with one attached hydrogen (secondary N) is 1. The lowest BCUT2D eigenvalue weighted by molar-refractivity contribution is 0.320. The van der Waals surface area contributed by atoms with Crippen molar-refractivity contribution in [3.05, 3.63) is 0 Å². The van der Waals surface area contributed by atoms with Crippen molar-refractivity contribution in [1.29, 1.82) is 0 Å². The normalized spacial score (nSPS) is 35.6. The minimum Gasteiger partial charge on any atom is -0.319 e. The molecule has 0 bridgehead atoms. The fraction of sp³-hybridized carbons (Fsp3) is 1.00. The summed E-state index contributed by atoms with van der Waals surface area (Å²) in [5.74, 6) is 4.19. The number of rotatable bonds is 2. The molecule has 0 aromatic rings. The van der Waals surface area contributed by atoms with Crippen LogP contribution in [0.4, 0.5) is 0 Å². The Balaban J connectivity index is 0.000000509. The maximum absolute atomic E-state index is 3.34. The largest absolute Gasteiger partial charge is 0.319 e. The number of hydrogen-bond acceptors (Lipinski definition) is 1. The molecule has 4 atom stereocenters. The summed E-state index contributed by atoms with van der Waals surface area (Å²) in [6.45, 7) is 11.7. The Hall–Kier alpha value is -0.0400. The van der Waals surface area contributed by atoms with Crippen molar-refractivity contribution in [2.45, 2.75) is 60.3 Å². The van der Waals surface area contributed by atoms with Crippen molar-refractivity contribution in [2.75, 3.05) is 13.6 Å². The van der Waals surface area contributed by atoms with Gasteiger partial charge in [0, 0.05) is 0 Å². The van der Waals surface area contributed by atoms with Crippen LogP contribution in [0, 0.1) is 23.7 Å². The van der Waals surface area contributed by atoms with Gasteiger partial charge in [-0.15, -0.1) is 0 Å². The van der Waals surface area contributed by atoms with Crippen LogP contribution in [-0.2, 0) is 0 Å². The van der Waals surface area contributed by atoms with Gasteiger partial charge in [-0.1, -0.05) is 41.0 Å². The quantitative estimate of drug-likeness (QED) is 0.740. The highest BCUT2D eigenvalue weighted by atomic mass is 14.8. The highest BCUT2D eigenvalue weighted by Gasteiger charge is 2.42. The van der Waals surface area contributed by atoms with E-state index in [1.165, 1.54) is 32.2 Å². The SMILES string of the molecule is CC.CC.CNCC1CCC2C(C)CCC12. The molecule has 2 rings (SSSR count). The molecule has 0 spiro atoms. The Kier molecular flexibility index (Phi) is 9.02. The molecule has 1 N–H and O–H groups in total. The molecule has 0 radical (unpaired) electrons. The smallest absolute Gasteiger partial charge is 0.00208 e. The first-order valence-electron chi connectivity index (χ1n) is 7.47. The predicted octanol–water partition coefficient (Wildman–Crippen LogP) is 4.33. The van der Waals surface area contributed by atoms with E-state index in [1.807, 2.05) is 27.7 Å². The molecule has 2 saturated carbocycles. The summed E-state index contributed by atoms with van der Waals surface area (Å²) >= 11 is 0. The Morgan fingerprint density at radius 3 is 2.00 bits per heavy atom. The van der Waals surface area contributed by atoms with Crippen molar-refractivity contribution in [1.82, 2.24) is 5.32 Å². The van der Waals surface area contributed by atoms with Crippen molar-refractivity contribution >= 4 is 0 Å². The lowest BCUT2D eigenvalue weighted by Crippen LogP contribution is -2.22. The molecule has 0 heterocycles. The van der Waals surface area contributed by atoms with Crippen LogP contribution in [0.15, 0.2) is 0 Å². The van der Waals surface area contributed by atoms with Gasteiger partial charge in [0.25, 0.3) is 0 Å². The zero-order chi connectivity index (χ0) is 12.6. The summed E-state index contributed by atoms with van der Waals surface area (Å²) < 4.78 is 0. The first-order valence-corrected chi connectivity index (χ1v) is 7.47. The maximum Gasteiger partial charge on any atom is -0.00208 e. The van der Waals surface area contributed by atoms with Crippen LogP contribution in [0.5, 0.6) is 0 Å². The van der Waals surface area contributed by atoms with Crippen LogP contribution in [0.2, 0.25) is 0 Å². The lowest BCUT2D eigenvalue weighted by Gasteiger charge is -2.18. The fourth-order valence-corrected chi connectivity index (χ4v) is 3.53. The Bertz CT molecular complexity index is 156. The van der Waals surface area contributed by atoms with Gasteiger partial charge in [0.2, 0.25) is 0 Å². The Labute approximate surface area is 103 Å². The molecule has 16 heavy (non-hydrogen) atoms. The summed E-state index contributed by atoms with van der Waals surface area (Å²) in [4.78, 5) is 0. The Morgan fingerprint density at radius 1 is 0.875 bits per heavy atom. The van der Waals surface area contributed by atoms with E-state index in [1.54, 1.807) is 0 Å². The summed E-state index contributed by atoms with van der Waals surface area (Å²) in [6.07, 6.45) is 6.01. The molecule has 2 fully saturated rings. The minimum absolute atomic E-state index is 1.00. The molecule has 0 aromatic heterocycles. The second kappa shape index (κ2) is 9.04. The van der Waals surface area contributed by atoms with Crippen LogP contribution >= 0.6 is 0 Å². The lowest BCUT2D eigenvalue weighted by atomic mass is 9.89. The summed E-state index contributed by atoms with van der Waals surface area (Å²) in [5.41, 5.74) is 0. The summed E-state index contributed by atoms with van der Waals surface area (Å²) in [7, 11) is 2.09. The monoisotopic (exact) mass is 227 g/mol. The molecule has 1 heteroatoms. The third kappa shape index (κ3) is 3.76. The molecule has 2 aliphatic rings. The van der Waals surface area contributed by atoms with Crippen molar-refractivity contribution in [3.63, 3.8) is 0 Å². The van der Waals surface area contributed by atoms with Gasteiger partial charge in [-0.05, 0) is 56.5 Å². The molecule has 98 valence electrons. The van der Waals surface area contributed by atoms with Crippen LogP contribution in [0.3, 0.4) is 0 Å². The third-order valence-corrected chi connectivity index (χ3v) is 4.18. The average molecular weight is 227 g/mol. The molecule has 0 saturated heterocycles. The highest BCUT2D eigenvalue weighted by Crippen LogP contribution is 2.50. The van der Waals surface area contributed by atoms with Gasteiger partial charge in [-0.25, -0.2) is 0 Å². The highest BCUT2D eigenvalue weighted by molar-refractivity contribution is 4.92. The minimum atomic E-state index is 1.00. The van der Waals surface area contributed by atoms with E-state index < -0.39 is 0 Å². The van der Waals surface area contributed by atoms with E-state index in [0.29, 0.717) is 0 Å². The van der Waals surface area contributed by atoms with E-state index >= 15 is 0 Å². The van der Waals surface area contributed by atoms with Crippen LogP contribution < -0.4 is 5.32 Å². The zero-order valence-corrected chi connectivity index (χ0v) is 12.3. The van der Waals surface area contributed by atoms with E-state index in [9.17, 15) is 0 Å². The van der Waals surface area contributed by atoms with Crippen LogP contribution in [0.1, 0.15) is 60.3 Å². The predicted molar refractivity (Wildman–Crippen MR) is 74.7 cm³/mol. The first-order chi connectivity index (χ1) is 7.83. The van der Waals surface area contributed by atoms with Gasteiger partial charge in [-0.3, -0.25) is 0 Å². The first kappa shape index (κ1) is 16.0. The molecule has 0 aliphatic heterocycles. The van der Waals surface area contributed by atoms with E-state index in [0.717, 1.165) is 23.7 Å². The van der Waals surface area contributed by atoms with Gasteiger partial charge in [0.05, 0.1) is 0 Å². The standard InChI is InChI=1S/C11H21N.2C2H6/c1-8-3-5-11-9(7-12-2)4-6-10(8)11;2*1-2/h8-12H,3-7H2,1-2H3;2*1-2H3. The van der Waals surface area contributed by atoms with E-state index in [4.69, 9.17) is 0 Å². The van der Waals surface area contributed by atoms with Crippen molar-refractivity contribution in [2.24, 2.45) is 23.7 Å². The van der Waals surface area contributed by atoms with Gasteiger partial charge < -0.3 is 5.32 Å². The van der Waals surface area contributed by atoms with E-state index in [-0.39, 0.29) is 0 Å². The third-order valence-electron chi connectivity index (χ3n) is 4.18. The van der Waals surface area contributed by atoms with Crippen LogP contribution in [0.25, 0.3) is 0 Å². The maximum atomic E-state index is 3.34. The molecule has 1 nitrogen and oxygen atoms in total. The van der Waals surface area contributed by atoms with Crippen molar-refractivity contribution in [3.8, 4) is 0 Å². The molecular formula is C15H33N. The molecular weight excluding hydrogens is 194 g/mol. The molecule has 4 unspecified atom stereocenters. The second-order valence-corrected chi connectivity index (χ2v) is 4.78. The molecule has 0 amide bonds. The van der Waals surface area contributed by atoms with Gasteiger partial charge in [0.15, 0.2) is 0 Å².